The molecule has 188 valence electrons. The van der Waals surface area contributed by atoms with Gasteiger partial charge in [0.25, 0.3) is 5.91 Å². The molecule has 2 aromatic carbocycles. The Labute approximate surface area is 211 Å². The Morgan fingerprint density at radius 2 is 1.69 bits per heavy atom. The molecule has 1 amide bonds. The Hall–Kier alpha value is -2.92. The van der Waals surface area contributed by atoms with Crippen LogP contribution in [0.2, 0.25) is 0 Å². The first-order chi connectivity index (χ1) is 17.0. The predicted octanol–water partition coefficient (Wildman–Crippen LogP) is 6.61. The lowest BCUT2D eigenvalue weighted by atomic mass is 9.92. The molecule has 0 bridgehead atoms. The zero-order chi connectivity index (χ0) is 25.4. The van der Waals surface area contributed by atoms with Crippen molar-refractivity contribution in [3.05, 3.63) is 71.0 Å². The maximum atomic E-state index is 13.6. The number of nitrogens with zero attached hydrogens (tertiary/aromatic N) is 3. The molecule has 2 aliphatic heterocycles. The molecule has 1 aromatic heterocycles. The van der Waals surface area contributed by atoms with Crippen molar-refractivity contribution >= 4 is 22.4 Å². The van der Waals surface area contributed by atoms with Gasteiger partial charge in [0.2, 0.25) is 0 Å². The monoisotopic (exact) mass is 475 g/mol. The van der Waals surface area contributed by atoms with Crippen LogP contribution in [0.1, 0.15) is 74.1 Å². The average molecular weight is 476 g/mol. The number of fused-ring (bicyclic) bond motifs is 3. The number of pyridine rings is 1. The Morgan fingerprint density at radius 1 is 1.03 bits per heavy atom. The minimum absolute atomic E-state index is 0.143. The number of carbonyl (C=O) groups excluding carboxylic acids is 1. The van der Waals surface area contributed by atoms with Crippen molar-refractivity contribution in [2.75, 3.05) is 31.8 Å². The van der Waals surface area contributed by atoms with Gasteiger partial charge in [-0.15, -0.1) is 0 Å². The summed E-state index contributed by atoms with van der Waals surface area (Å²) in [6.07, 6.45) is 5.76. The van der Waals surface area contributed by atoms with Gasteiger partial charge in [0.05, 0.1) is 17.9 Å². The second kappa shape index (κ2) is 12.7. The Morgan fingerprint density at radius 3 is 2.31 bits per heavy atom. The molecule has 0 atom stereocenters. The molecule has 3 aromatic rings. The van der Waals surface area contributed by atoms with Crippen LogP contribution in [0, 0.1) is 6.92 Å². The highest BCUT2D eigenvalue weighted by atomic mass is 16.5. The third-order valence-electron chi connectivity index (χ3n) is 6.34. The fourth-order valence-corrected chi connectivity index (χ4v) is 4.77. The number of anilines is 1. The highest BCUT2D eigenvalue weighted by molar-refractivity contribution is 6.11. The number of hydrogen-bond donors (Lipinski definition) is 0. The molecule has 5 rings (SSSR count). The normalized spacial score (nSPS) is 15.7. The molecule has 1 fully saturated rings. The van der Waals surface area contributed by atoms with Gasteiger partial charge in [-0.25, -0.2) is 0 Å². The van der Waals surface area contributed by atoms with Crippen LogP contribution in [0.15, 0.2) is 48.7 Å². The molecule has 5 nitrogen and oxygen atoms in total. The lowest BCUT2D eigenvalue weighted by molar-refractivity contribution is 0.0281. The van der Waals surface area contributed by atoms with Crippen LogP contribution in [0.4, 0.5) is 5.69 Å². The van der Waals surface area contributed by atoms with Crippen molar-refractivity contribution in [1.82, 2.24) is 9.88 Å². The third-order valence-corrected chi connectivity index (χ3v) is 6.34. The van der Waals surface area contributed by atoms with Crippen LogP contribution < -0.4 is 4.90 Å². The minimum atomic E-state index is 0.143. The first-order valence-corrected chi connectivity index (χ1v) is 13.1. The smallest absolute Gasteiger partial charge is 0.257 e. The summed E-state index contributed by atoms with van der Waals surface area (Å²) in [4.78, 5) is 22.3. The summed E-state index contributed by atoms with van der Waals surface area (Å²) in [6.45, 7) is 12.3. The van der Waals surface area contributed by atoms with E-state index in [0.29, 0.717) is 6.67 Å². The lowest BCUT2D eigenvalue weighted by Gasteiger charge is -2.42. The molecular formula is C30H41N3O2. The van der Waals surface area contributed by atoms with E-state index in [9.17, 15) is 4.79 Å². The number of amides is 1. The van der Waals surface area contributed by atoms with Gasteiger partial charge in [-0.1, -0.05) is 64.4 Å². The SMILES string of the molecule is CC.CCC.Cc1ccc(Cc2cc3c(c4ccccc24)N(C)CN(C2CCOCC2)C3=O)cn1. The summed E-state index contributed by atoms with van der Waals surface area (Å²) >= 11 is 0. The number of benzene rings is 2. The molecule has 0 spiro atoms. The molecule has 0 unspecified atom stereocenters. The van der Waals surface area contributed by atoms with Gasteiger partial charge in [0, 0.05) is 43.6 Å². The highest BCUT2D eigenvalue weighted by Gasteiger charge is 2.34. The van der Waals surface area contributed by atoms with Crippen LogP contribution in [-0.2, 0) is 11.2 Å². The van der Waals surface area contributed by atoms with Crippen LogP contribution >= 0.6 is 0 Å². The highest BCUT2D eigenvalue weighted by Crippen LogP contribution is 2.38. The number of ether oxygens (including phenoxy) is 1. The molecule has 0 saturated carbocycles. The first-order valence-electron chi connectivity index (χ1n) is 13.1. The van der Waals surface area contributed by atoms with E-state index < -0.39 is 0 Å². The predicted molar refractivity (Wildman–Crippen MR) is 146 cm³/mol. The van der Waals surface area contributed by atoms with Crippen LogP contribution in [0.5, 0.6) is 0 Å². The minimum Gasteiger partial charge on any atom is -0.381 e. The summed E-state index contributed by atoms with van der Waals surface area (Å²) in [7, 11) is 2.09. The largest absolute Gasteiger partial charge is 0.381 e. The summed E-state index contributed by atoms with van der Waals surface area (Å²) in [6, 6.07) is 15.0. The Kier molecular flexibility index (Phi) is 9.67. The molecule has 1 saturated heterocycles. The number of aromatic nitrogens is 1. The van der Waals surface area contributed by atoms with Crippen LogP contribution in [0.3, 0.4) is 0 Å². The molecule has 0 N–H and O–H groups in total. The van der Waals surface area contributed by atoms with Crippen molar-refractivity contribution in [2.24, 2.45) is 0 Å². The molecule has 5 heteroatoms. The van der Waals surface area contributed by atoms with Gasteiger partial charge in [0.15, 0.2) is 0 Å². The second-order valence-corrected chi connectivity index (χ2v) is 9.13. The number of carbonyl (C=O) groups is 1. The van der Waals surface area contributed by atoms with E-state index in [1.165, 1.54) is 17.4 Å². The quantitative estimate of drug-likeness (QED) is 0.428. The maximum Gasteiger partial charge on any atom is 0.257 e. The van der Waals surface area contributed by atoms with Crippen molar-refractivity contribution in [1.29, 1.82) is 0 Å². The van der Waals surface area contributed by atoms with Crippen LogP contribution in [0.25, 0.3) is 10.8 Å². The van der Waals surface area contributed by atoms with Gasteiger partial charge in [-0.2, -0.15) is 0 Å². The summed E-state index contributed by atoms with van der Waals surface area (Å²) in [5.41, 5.74) is 5.20. The standard InChI is InChI=1S/C25H27N3O2.C3H8.C2H6/c1-17-7-8-18(15-26-17)13-19-14-23-24(22-6-4-3-5-21(19)22)27(2)16-28(25(23)29)20-9-11-30-12-10-20;1-3-2;1-2/h3-8,14-15,20H,9-13,16H2,1-2H3;3H2,1-2H3;1-2H3. The third kappa shape index (κ3) is 6.02. The summed E-state index contributed by atoms with van der Waals surface area (Å²) in [5.74, 6) is 0.143. The van der Waals surface area contributed by atoms with Gasteiger partial charge < -0.3 is 14.5 Å². The van der Waals surface area contributed by atoms with Gasteiger partial charge in [0.1, 0.15) is 0 Å². The van der Waals surface area contributed by atoms with Crippen LogP contribution in [-0.4, -0.2) is 48.8 Å². The number of rotatable bonds is 3. The maximum absolute atomic E-state index is 13.6. The molecule has 3 heterocycles. The van der Waals surface area contributed by atoms with E-state index >= 15 is 0 Å². The second-order valence-electron chi connectivity index (χ2n) is 9.13. The van der Waals surface area contributed by atoms with Crippen molar-refractivity contribution < 1.29 is 9.53 Å². The Balaban J connectivity index is 0.000000638. The first kappa shape index (κ1) is 26.7. The van der Waals surface area contributed by atoms with Gasteiger partial charge in [-0.3, -0.25) is 9.78 Å². The van der Waals surface area contributed by atoms with E-state index in [1.54, 1.807) is 0 Å². The molecular weight excluding hydrogens is 434 g/mol. The van der Waals surface area contributed by atoms with Crippen molar-refractivity contribution in [2.45, 2.75) is 66.3 Å². The van der Waals surface area contributed by atoms with E-state index in [1.807, 2.05) is 37.9 Å². The fourth-order valence-electron chi connectivity index (χ4n) is 4.77. The summed E-state index contributed by atoms with van der Waals surface area (Å²) in [5, 5.41) is 2.35. The topological polar surface area (TPSA) is 45.7 Å². The molecule has 0 radical (unpaired) electrons. The fraction of sp³-hybridized carbons (Fsp3) is 0.467. The average Bonchev–Trinajstić information content (AvgIpc) is 2.89. The molecule has 0 aliphatic carbocycles. The zero-order valence-electron chi connectivity index (χ0n) is 22.3. The summed E-state index contributed by atoms with van der Waals surface area (Å²) < 4.78 is 5.52. The molecule has 35 heavy (non-hydrogen) atoms. The molecule has 2 aliphatic rings. The lowest BCUT2D eigenvalue weighted by Crippen LogP contribution is -2.51. The van der Waals surface area contributed by atoms with E-state index in [0.717, 1.165) is 60.4 Å². The van der Waals surface area contributed by atoms with E-state index in [4.69, 9.17) is 4.74 Å². The van der Waals surface area contributed by atoms with Gasteiger partial charge in [-0.05, 0) is 54.8 Å². The van der Waals surface area contributed by atoms with E-state index in [-0.39, 0.29) is 11.9 Å². The number of hydrogen-bond acceptors (Lipinski definition) is 4. The van der Waals surface area contributed by atoms with Crippen molar-refractivity contribution in [3.63, 3.8) is 0 Å². The zero-order valence-corrected chi connectivity index (χ0v) is 22.3. The number of aryl methyl sites for hydroxylation is 1. The van der Waals surface area contributed by atoms with Gasteiger partial charge >= 0.3 is 0 Å². The van der Waals surface area contributed by atoms with E-state index in [2.05, 4.69) is 67.2 Å². The van der Waals surface area contributed by atoms with Crippen molar-refractivity contribution in [3.8, 4) is 0 Å². The Bertz CT molecular complexity index is 1100.